The van der Waals surface area contributed by atoms with E-state index in [2.05, 4.69) is 9.88 Å². The lowest BCUT2D eigenvalue weighted by molar-refractivity contribution is -0.140. The lowest BCUT2D eigenvalue weighted by Gasteiger charge is -2.47. The van der Waals surface area contributed by atoms with Crippen LogP contribution in [0.3, 0.4) is 0 Å². The molecule has 3 rings (SSSR count). The summed E-state index contributed by atoms with van der Waals surface area (Å²) in [6, 6.07) is 0.340. The number of carbonyl (C=O) groups excluding carboxylic acids is 2. The Morgan fingerprint density at radius 1 is 1.24 bits per heavy atom. The van der Waals surface area contributed by atoms with Crippen molar-refractivity contribution in [3.8, 4) is 0 Å². The number of amides is 2. The standard InChI is InChI=1S/C17H25N5O3/c1-11-12(2)19-10-22(17(11)25)9-15(23)21-7-14(8-21)20-5-3-13(4-6-20)16(18)24/h10,13-14H,3-9H2,1-2H3,(H2,18,24). The van der Waals surface area contributed by atoms with Gasteiger partial charge in [0.05, 0.1) is 6.33 Å². The minimum atomic E-state index is -0.211. The van der Waals surface area contributed by atoms with Crippen LogP contribution in [0, 0.1) is 19.8 Å². The quantitative estimate of drug-likeness (QED) is 0.774. The molecular weight excluding hydrogens is 322 g/mol. The minimum Gasteiger partial charge on any atom is -0.369 e. The molecule has 2 amide bonds. The van der Waals surface area contributed by atoms with Gasteiger partial charge in [-0.1, -0.05) is 0 Å². The van der Waals surface area contributed by atoms with Crippen molar-refractivity contribution in [1.29, 1.82) is 0 Å². The first kappa shape index (κ1) is 17.6. The van der Waals surface area contributed by atoms with Crippen molar-refractivity contribution in [2.75, 3.05) is 26.2 Å². The predicted molar refractivity (Wildman–Crippen MR) is 91.8 cm³/mol. The lowest BCUT2D eigenvalue weighted by atomic mass is 9.94. The van der Waals surface area contributed by atoms with Gasteiger partial charge < -0.3 is 10.6 Å². The molecule has 3 heterocycles. The third-order valence-electron chi connectivity index (χ3n) is 5.48. The predicted octanol–water partition coefficient (Wildman–Crippen LogP) is -0.732. The summed E-state index contributed by atoms with van der Waals surface area (Å²) < 4.78 is 1.37. The summed E-state index contributed by atoms with van der Waals surface area (Å²) in [4.78, 5) is 44.0. The van der Waals surface area contributed by atoms with Gasteiger partial charge in [-0.05, 0) is 39.8 Å². The van der Waals surface area contributed by atoms with Crippen LogP contribution in [-0.2, 0) is 16.1 Å². The highest BCUT2D eigenvalue weighted by molar-refractivity contribution is 5.77. The molecule has 1 aromatic rings. The fraction of sp³-hybridized carbons (Fsp3) is 0.647. The first-order chi connectivity index (χ1) is 11.9. The van der Waals surface area contributed by atoms with Crippen molar-refractivity contribution in [3.05, 3.63) is 27.9 Å². The number of nitrogens with zero attached hydrogens (tertiary/aromatic N) is 4. The number of hydrogen-bond acceptors (Lipinski definition) is 5. The topological polar surface area (TPSA) is 102 Å². The summed E-state index contributed by atoms with van der Waals surface area (Å²) in [5.74, 6) is -0.286. The Kier molecular flexibility index (Phi) is 4.89. The molecule has 8 heteroatoms. The van der Waals surface area contributed by atoms with E-state index in [1.54, 1.807) is 18.7 Å². The van der Waals surface area contributed by atoms with Gasteiger partial charge in [0.15, 0.2) is 0 Å². The maximum atomic E-state index is 12.4. The zero-order valence-electron chi connectivity index (χ0n) is 14.8. The van der Waals surface area contributed by atoms with Gasteiger partial charge in [-0.3, -0.25) is 23.9 Å². The molecule has 0 atom stereocenters. The number of aryl methyl sites for hydroxylation is 1. The van der Waals surface area contributed by atoms with E-state index in [9.17, 15) is 14.4 Å². The van der Waals surface area contributed by atoms with Crippen molar-refractivity contribution < 1.29 is 9.59 Å². The summed E-state index contributed by atoms with van der Waals surface area (Å²) in [7, 11) is 0. The number of likely N-dealkylation sites (tertiary alicyclic amines) is 2. The van der Waals surface area contributed by atoms with Crippen molar-refractivity contribution in [2.45, 2.75) is 39.3 Å². The van der Waals surface area contributed by atoms with Crippen LogP contribution < -0.4 is 11.3 Å². The van der Waals surface area contributed by atoms with E-state index < -0.39 is 0 Å². The second-order valence-corrected chi connectivity index (χ2v) is 7.05. The Balaban J connectivity index is 1.50. The second-order valence-electron chi connectivity index (χ2n) is 7.05. The molecule has 0 radical (unpaired) electrons. The van der Waals surface area contributed by atoms with E-state index in [1.807, 2.05) is 0 Å². The molecule has 0 bridgehead atoms. The Morgan fingerprint density at radius 3 is 2.48 bits per heavy atom. The second kappa shape index (κ2) is 6.95. The van der Waals surface area contributed by atoms with Gasteiger partial charge >= 0.3 is 0 Å². The molecular formula is C17H25N5O3. The number of hydrogen-bond donors (Lipinski definition) is 1. The molecule has 8 nitrogen and oxygen atoms in total. The van der Waals surface area contributed by atoms with Gasteiger partial charge in [0.25, 0.3) is 5.56 Å². The molecule has 0 saturated carbocycles. The molecule has 0 aliphatic carbocycles. The zero-order chi connectivity index (χ0) is 18.1. The third kappa shape index (κ3) is 3.58. The SMILES string of the molecule is Cc1ncn(CC(=O)N2CC(N3CCC(C(N)=O)CC3)C2)c(=O)c1C. The van der Waals surface area contributed by atoms with Gasteiger partial charge in [0, 0.05) is 36.3 Å². The fourth-order valence-electron chi connectivity index (χ4n) is 3.47. The molecule has 2 fully saturated rings. The van der Waals surface area contributed by atoms with E-state index in [-0.39, 0.29) is 29.8 Å². The molecule has 0 aromatic carbocycles. The van der Waals surface area contributed by atoms with Crippen LogP contribution in [-0.4, -0.2) is 63.4 Å². The van der Waals surface area contributed by atoms with Crippen LogP contribution >= 0.6 is 0 Å². The van der Waals surface area contributed by atoms with Crippen LogP contribution in [0.25, 0.3) is 0 Å². The smallest absolute Gasteiger partial charge is 0.256 e. The number of nitrogens with two attached hydrogens (primary N) is 1. The number of rotatable bonds is 4. The van der Waals surface area contributed by atoms with Crippen LogP contribution in [0.1, 0.15) is 24.1 Å². The van der Waals surface area contributed by atoms with E-state index >= 15 is 0 Å². The maximum Gasteiger partial charge on any atom is 0.256 e. The summed E-state index contributed by atoms with van der Waals surface area (Å²) in [6.07, 6.45) is 3.03. The van der Waals surface area contributed by atoms with Gasteiger partial charge in [-0.25, -0.2) is 4.98 Å². The monoisotopic (exact) mass is 347 g/mol. The van der Waals surface area contributed by atoms with Crippen molar-refractivity contribution in [2.24, 2.45) is 11.7 Å². The zero-order valence-corrected chi connectivity index (χ0v) is 14.8. The Labute approximate surface area is 146 Å². The lowest BCUT2D eigenvalue weighted by Crippen LogP contribution is -2.63. The maximum absolute atomic E-state index is 12.4. The van der Waals surface area contributed by atoms with Crippen LogP contribution in [0.2, 0.25) is 0 Å². The fourth-order valence-corrected chi connectivity index (χ4v) is 3.47. The van der Waals surface area contributed by atoms with E-state index in [0.717, 1.165) is 25.9 Å². The highest BCUT2D eigenvalue weighted by Crippen LogP contribution is 2.23. The minimum absolute atomic E-state index is 0.0155. The molecule has 2 aliphatic heterocycles. The number of carbonyl (C=O) groups is 2. The molecule has 136 valence electrons. The molecule has 0 spiro atoms. The number of primary amides is 1. The summed E-state index contributed by atoms with van der Waals surface area (Å²) in [5, 5.41) is 0. The summed E-state index contributed by atoms with van der Waals surface area (Å²) in [5.41, 5.74) is 6.47. The summed E-state index contributed by atoms with van der Waals surface area (Å²) in [6.45, 7) is 6.58. The van der Waals surface area contributed by atoms with Crippen LogP contribution in [0.5, 0.6) is 0 Å². The number of aromatic nitrogens is 2. The molecule has 25 heavy (non-hydrogen) atoms. The summed E-state index contributed by atoms with van der Waals surface area (Å²) >= 11 is 0. The Bertz CT molecular complexity index is 730. The Morgan fingerprint density at radius 2 is 1.88 bits per heavy atom. The average molecular weight is 347 g/mol. The van der Waals surface area contributed by atoms with Gasteiger partial charge in [0.2, 0.25) is 11.8 Å². The first-order valence-electron chi connectivity index (χ1n) is 8.70. The normalized spacial score (nSPS) is 19.7. The highest BCUT2D eigenvalue weighted by atomic mass is 16.2. The van der Waals surface area contributed by atoms with Gasteiger partial charge in [-0.15, -0.1) is 0 Å². The highest BCUT2D eigenvalue weighted by Gasteiger charge is 2.37. The molecule has 2 N–H and O–H groups in total. The first-order valence-corrected chi connectivity index (χ1v) is 8.70. The molecule has 1 aromatic heterocycles. The van der Waals surface area contributed by atoms with E-state index in [1.165, 1.54) is 10.9 Å². The van der Waals surface area contributed by atoms with Gasteiger partial charge in [0.1, 0.15) is 6.54 Å². The van der Waals surface area contributed by atoms with Crippen molar-refractivity contribution in [1.82, 2.24) is 19.4 Å². The van der Waals surface area contributed by atoms with E-state index in [0.29, 0.717) is 30.4 Å². The number of piperidine rings is 1. The molecule has 2 aliphatic rings. The van der Waals surface area contributed by atoms with Crippen molar-refractivity contribution in [3.63, 3.8) is 0 Å². The largest absolute Gasteiger partial charge is 0.369 e. The Hall–Kier alpha value is -2.22. The molecule has 0 unspecified atom stereocenters. The van der Waals surface area contributed by atoms with Gasteiger partial charge in [-0.2, -0.15) is 0 Å². The van der Waals surface area contributed by atoms with Crippen molar-refractivity contribution >= 4 is 11.8 Å². The van der Waals surface area contributed by atoms with Crippen LogP contribution in [0.15, 0.2) is 11.1 Å². The molecule has 2 saturated heterocycles. The third-order valence-corrected chi connectivity index (χ3v) is 5.48. The van der Waals surface area contributed by atoms with Crippen LogP contribution in [0.4, 0.5) is 0 Å². The van der Waals surface area contributed by atoms with E-state index in [4.69, 9.17) is 5.73 Å². The average Bonchev–Trinajstić information content (AvgIpc) is 2.54.